The Bertz CT molecular complexity index is 346. The van der Waals surface area contributed by atoms with E-state index in [1.807, 2.05) is 11.6 Å². The lowest BCUT2D eigenvalue weighted by Gasteiger charge is -2.20. The van der Waals surface area contributed by atoms with E-state index >= 15 is 0 Å². The average Bonchev–Trinajstić information content (AvgIpc) is 2.47. The summed E-state index contributed by atoms with van der Waals surface area (Å²) in [6.45, 7) is 2.21. The van der Waals surface area contributed by atoms with Crippen molar-refractivity contribution in [3.63, 3.8) is 0 Å². The minimum Gasteiger partial charge on any atom is -0.341 e. The molecule has 78 valence electrons. The molecule has 1 aliphatic heterocycles. The molecule has 1 N–H and O–H groups in total. The lowest BCUT2D eigenvalue weighted by atomic mass is 10.2. The van der Waals surface area contributed by atoms with Gasteiger partial charge in [-0.2, -0.15) is 0 Å². The Balaban J connectivity index is 2.20. The van der Waals surface area contributed by atoms with Gasteiger partial charge in [0.05, 0.1) is 0 Å². The topological polar surface area (TPSA) is 36.9 Å². The first-order valence-electron chi connectivity index (χ1n) is 5.15. The maximum Gasteiger partial charge on any atom is 0.225 e. The van der Waals surface area contributed by atoms with Gasteiger partial charge >= 0.3 is 0 Å². The summed E-state index contributed by atoms with van der Waals surface area (Å²) in [5, 5.41) is 7.08. The van der Waals surface area contributed by atoms with Gasteiger partial charge in [-0.15, -0.1) is 5.10 Å². The predicted molar refractivity (Wildman–Crippen MR) is 59.1 cm³/mol. The molecule has 2 rings (SSSR count). The molecule has 0 spiro atoms. The number of aromatic nitrogens is 3. The van der Waals surface area contributed by atoms with Crippen LogP contribution in [0, 0.1) is 4.77 Å². The van der Waals surface area contributed by atoms with Crippen molar-refractivity contribution in [3.8, 4) is 0 Å². The molecule has 1 saturated heterocycles. The largest absolute Gasteiger partial charge is 0.341 e. The van der Waals surface area contributed by atoms with Gasteiger partial charge in [-0.05, 0) is 25.1 Å². The molecule has 2 heterocycles. The second-order valence-electron chi connectivity index (χ2n) is 3.79. The second kappa shape index (κ2) is 4.13. The maximum atomic E-state index is 5.10. The van der Waals surface area contributed by atoms with Gasteiger partial charge in [0, 0.05) is 20.1 Å². The number of aromatic amines is 1. The fourth-order valence-corrected chi connectivity index (χ4v) is 2.02. The number of hydrogen-bond acceptors (Lipinski definition) is 3. The maximum absolute atomic E-state index is 5.10. The first-order chi connectivity index (χ1) is 6.79. The van der Waals surface area contributed by atoms with Crippen LogP contribution in [0.15, 0.2) is 0 Å². The fraction of sp³-hybridized carbons (Fsp3) is 0.778. The number of nitrogens with one attached hydrogen (secondary N) is 1. The lowest BCUT2D eigenvalue weighted by Crippen LogP contribution is -2.26. The first-order valence-corrected chi connectivity index (χ1v) is 5.56. The van der Waals surface area contributed by atoms with E-state index in [1.165, 1.54) is 25.7 Å². The lowest BCUT2D eigenvalue weighted by molar-refractivity contribution is 0.726. The molecule has 0 bridgehead atoms. The van der Waals surface area contributed by atoms with E-state index in [0.717, 1.165) is 19.0 Å². The molecular weight excluding hydrogens is 196 g/mol. The fourth-order valence-electron chi connectivity index (χ4n) is 1.89. The molecule has 0 atom stereocenters. The molecule has 5 heteroatoms. The van der Waals surface area contributed by atoms with Crippen molar-refractivity contribution in [3.05, 3.63) is 4.77 Å². The molecular formula is C9H16N4S. The highest BCUT2D eigenvalue weighted by atomic mass is 32.1. The molecule has 0 saturated carbocycles. The monoisotopic (exact) mass is 212 g/mol. The molecule has 14 heavy (non-hydrogen) atoms. The van der Waals surface area contributed by atoms with E-state index in [2.05, 4.69) is 15.1 Å². The summed E-state index contributed by atoms with van der Waals surface area (Å²) in [5.74, 6) is 0.983. The van der Waals surface area contributed by atoms with E-state index in [1.54, 1.807) is 0 Å². The SMILES string of the molecule is Cn1c(N2CCCCCC2)n[nH]c1=S. The van der Waals surface area contributed by atoms with E-state index in [0.29, 0.717) is 4.77 Å². The molecule has 4 nitrogen and oxygen atoms in total. The Morgan fingerprint density at radius 2 is 1.86 bits per heavy atom. The Morgan fingerprint density at radius 3 is 2.36 bits per heavy atom. The van der Waals surface area contributed by atoms with Crippen molar-refractivity contribution < 1.29 is 0 Å². The van der Waals surface area contributed by atoms with Gasteiger partial charge in [0.2, 0.25) is 5.95 Å². The zero-order chi connectivity index (χ0) is 9.97. The summed E-state index contributed by atoms with van der Waals surface area (Å²) < 4.78 is 2.64. The predicted octanol–water partition coefficient (Wildman–Crippen LogP) is 1.86. The average molecular weight is 212 g/mol. The summed E-state index contributed by atoms with van der Waals surface area (Å²) in [5.41, 5.74) is 0. The van der Waals surface area contributed by atoms with Gasteiger partial charge in [-0.25, -0.2) is 5.10 Å². The van der Waals surface area contributed by atoms with Gasteiger partial charge in [0.1, 0.15) is 0 Å². The van der Waals surface area contributed by atoms with E-state index < -0.39 is 0 Å². The molecule has 0 amide bonds. The zero-order valence-corrected chi connectivity index (χ0v) is 9.31. The molecule has 0 aromatic carbocycles. The Hall–Kier alpha value is -0.840. The molecule has 0 radical (unpaired) electrons. The van der Waals surface area contributed by atoms with Crippen LogP contribution in [0.1, 0.15) is 25.7 Å². The third kappa shape index (κ3) is 1.82. The van der Waals surface area contributed by atoms with E-state index in [9.17, 15) is 0 Å². The van der Waals surface area contributed by atoms with E-state index in [4.69, 9.17) is 12.2 Å². The number of nitrogens with zero attached hydrogens (tertiary/aromatic N) is 3. The number of anilines is 1. The van der Waals surface area contributed by atoms with Crippen LogP contribution in [0.2, 0.25) is 0 Å². The summed E-state index contributed by atoms with van der Waals surface area (Å²) in [7, 11) is 1.96. The van der Waals surface area contributed by atoms with Crippen molar-refractivity contribution in [2.24, 2.45) is 7.05 Å². The van der Waals surface area contributed by atoms with Crippen LogP contribution in [-0.2, 0) is 7.05 Å². The van der Waals surface area contributed by atoms with Crippen molar-refractivity contribution >= 4 is 18.2 Å². The minimum atomic E-state index is 0.698. The molecule has 1 aliphatic rings. The van der Waals surface area contributed by atoms with Gasteiger partial charge in [-0.1, -0.05) is 12.8 Å². The zero-order valence-electron chi connectivity index (χ0n) is 8.49. The summed E-state index contributed by atoms with van der Waals surface area (Å²) in [6.07, 6.45) is 5.20. The van der Waals surface area contributed by atoms with Crippen molar-refractivity contribution in [1.29, 1.82) is 0 Å². The van der Waals surface area contributed by atoms with E-state index in [-0.39, 0.29) is 0 Å². The molecule has 1 aromatic heterocycles. The molecule has 1 fully saturated rings. The quantitative estimate of drug-likeness (QED) is 0.722. The van der Waals surface area contributed by atoms with Crippen molar-refractivity contribution in [2.45, 2.75) is 25.7 Å². The third-order valence-electron chi connectivity index (χ3n) is 2.75. The van der Waals surface area contributed by atoms with Crippen LogP contribution in [0.25, 0.3) is 0 Å². The molecule has 1 aromatic rings. The smallest absolute Gasteiger partial charge is 0.225 e. The highest BCUT2D eigenvalue weighted by Gasteiger charge is 2.14. The normalized spacial score (nSPS) is 18.2. The van der Waals surface area contributed by atoms with Crippen molar-refractivity contribution in [1.82, 2.24) is 14.8 Å². The van der Waals surface area contributed by atoms with Gasteiger partial charge in [-0.3, -0.25) is 4.57 Å². The van der Waals surface area contributed by atoms with Gasteiger partial charge in [0.15, 0.2) is 4.77 Å². The van der Waals surface area contributed by atoms with Crippen molar-refractivity contribution in [2.75, 3.05) is 18.0 Å². The number of H-pyrrole nitrogens is 1. The van der Waals surface area contributed by atoms with Crippen LogP contribution in [0.5, 0.6) is 0 Å². The standard InChI is InChI=1S/C9H16N4S/c1-12-8(10-11-9(12)14)13-6-4-2-3-5-7-13/h2-7H2,1H3,(H,11,14). The summed E-state index contributed by atoms with van der Waals surface area (Å²) in [6, 6.07) is 0. The Kier molecular flexibility index (Phi) is 2.86. The summed E-state index contributed by atoms with van der Waals surface area (Å²) >= 11 is 5.10. The highest BCUT2D eigenvalue weighted by molar-refractivity contribution is 7.71. The molecule has 0 aliphatic carbocycles. The van der Waals surface area contributed by atoms with Crippen LogP contribution >= 0.6 is 12.2 Å². The Labute approximate surface area is 88.9 Å². The summed E-state index contributed by atoms with van der Waals surface area (Å²) in [4.78, 5) is 2.32. The van der Waals surface area contributed by atoms with Gasteiger partial charge < -0.3 is 4.90 Å². The number of hydrogen-bond donors (Lipinski definition) is 1. The second-order valence-corrected chi connectivity index (χ2v) is 4.18. The van der Waals surface area contributed by atoms with Crippen LogP contribution in [0.4, 0.5) is 5.95 Å². The molecule has 0 unspecified atom stereocenters. The third-order valence-corrected chi connectivity index (χ3v) is 3.11. The Morgan fingerprint density at radius 1 is 1.21 bits per heavy atom. The highest BCUT2D eigenvalue weighted by Crippen LogP contribution is 2.16. The van der Waals surface area contributed by atoms with Crippen LogP contribution in [0.3, 0.4) is 0 Å². The van der Waals surface area contributed by atoms with Crippen LogP contribution in [-0.4, -0.2) is 27.9 Å². The minimum absolute atomic E-state index is 0.698. The van der Waals surface area contributed by atoms with Crippen LogP contribution < -0.4 is 4.90 Å². The first kappa shape index (κ1) is 9.71. The van der Waals surface area contributed by atoms with Gasteiger partial charge in [0.25, 0.3) is 0 Å². The number of rotatable bonds is 1.